The molecule has 0 aliphatic rings. The second-order valence-electron chi connectivity index (χ2n) is 4.50. The molecular weight excluding hydrogens is 240 g/mol. The Hall–Kier alpha value is -2.49. The van der Waals surface area contributed by atoms with Gasteiger partial charge in [-0.2, -0.15) is 0 Å². The van der Waals surface area contributed by atoms with E-state index < -0.39 is 5.97 Å². The third-order valence-corrected chi connectivity index (χ3v) is 3.03. The molecular formula is C15H16N2O2. The number of aryl methyl sites for hydroxylation is 2. The van der Waals surface area contributed by atoms with E-state index in [1.807, 2.05) is 32.0 Å². The molecule has 2 rings (SSSR count). The number of nitrogen functional groups attached to an aromatic ring is 1. The fourth-order valence-corrected chi connectivity index (χ4v) is 1.98. The van der Waals surface area contributed by atoms with Crippen LogP contribution in [0.3, 0.4) is 0 Å². The molecule has 0 bridgehead atoms. The van der Waals surface area contributed by atoms with E-state index in [2.05, 4.69) is 5.32 Å². The zero-order valence-corrected chi connectivity index (χ0v) is 10.9. The fourth-order valence-electron chi connectivity index (χ4n) is 1.98. The standard InChI is InChI=1S/C15H16N2O2/c1-9-4-3-5-10(2)14(9)17-11-6-7-13(16)12(8-11)15(18)19/h3-8,17H,16H2,1-2H3,(H,18,19). The van der Waals surface area contributed by atoms with Gasteiger partial charge < -0.3 is 16.2 Å². The van der Waals surface area contributed by atoms with Gasteiger partial charge in [0.2, 0.25) is 0 Å². The molecule has 2 aromatic rings. The molecule has 0 atom stereocenters. The van der Waals surface area contributed by atoms with Crippen LogP contribution in [-0.4, -0.2) is 11.1 Å². The van der Waals surface area contributed by atoms with Crippen molar-refractivity contribution in [2.24, 2.45) is 0 Å². The number of nitrogens with two attached hydrogens (primary N) is 1. The monoisotopic (exact) mass is 256 g/mol. The third-order valence-electron chi connectivity index (χ3n) is 3.03. The minimum atomic E-state index is -1.03. The molecule has 0 aromatic heterocycles. The van der Waals surface area contributed by atoms with E-state index in [1.165, 1.54) is 0 Å². The zero-order valence-electron chi connectivity index (χ0n) is 10.9. The van der Waals surface area contributed by atoms with Crippen LogP contribution in [0.15, 0.2) is 36.4 Å². The predicted molar refractivity (Wildman–Crippen MR) is 77.0 cm³/mol. The van der Waals surface area contributed by atoms with Gasteiger partial charge in [-0.05, 0) is 43.2 Å². The highest BCUT2D eigenvalue weighted by molar-refractivity contribution is 5.95. The summed E-state index contributed by atoms with van der Waals surface area (Å²) in [4.78, 5) is 11.1. The molecule has 0 fully saturated rings. The molecule has 0 aliphatic carbocycles. The van der Waals surface area contributed by atoms with Crippen LogP contribution < -0.4 is 11.1 Å². The minimum Gasteiger partial charge on any atom is -0.478 e. The molecule has 4 N–H and O–H groups in total. The summed E-state index contributed by atoms with van der Waals surface area (Å²) >= 11 is 0. The van der Waals surface area contributed by atoms with Crippen LogP contribution in [0, 0.1) is 13.8 Å². The molecule has 0 unspecified atom stereocenters. The first-order valence-electron chi connectivity index (χ1n) is 5.95. The van der Waals surface area contributed by atoms with Crippen LogP contribution in [0.2, 0.25) is 0 Å². The van der Waals surface area contributed by atoms with E-state index in [-0.39, 0.29) is 11.3 Å². The fraction of sp³-hybridized carbons (Fsp3) is 0.133. The lowest BCUT2D eigenvalue weighted by molar-refractivity contribution is 0.0698. The van der Waals surface area contributed by atoms with Gasteiger partial charge in [0.1, 0.15) is 0 Å². The van der Waals surface area contributed by atoms with Crippen molar-refractivity contribution >= 4 is 23.0 Å². The molecule has 0 heterocycles. The Labute approximate surface area is 111 Å². The molecule has 0 aliphatic heterocycles. The van der Waals surface area contributed by atoms with E-state index in [4.69, 9.17) is 10.8 Å². The first kappa shape index (κ1) is 13.0. The Bertz CT molecular complexity index is 616. The van der Waals surface area contributed by atoms with Crippen molar-refractivity contribution in [3.8, 4) is 0 Å². The quantitative estimate of drug-likeness (QED) is 0.736. The summed E-state index contributed by atoms with van der Waals surface area (Å²) in [6.07, 6.45) is 0. The number of hydrogen-bond donors (Lipinski definition) is 3. The van der Waals surface area contributed by atoms with Crippen LogP contribution in [-0.2, 0) is 0 Å². The molecule has 0 spiro atoms. The van der Waals surface area contributed by atoms with Crippen molar-refractivity contribution in [1.82, 2.24) is 0 Å². The number of aromatic carboxylic acids is 1. The topological polar surface area (TPSA) is 75.3 Å². The Kier molecular flexibility index (Phi) is 3.42. The van der Waals surface area contributed by atoms with Crippen LogP contribution in [0.5, 0.6) is 0 Å². The summed E-state index contributed by atoms with van der Waals surface area (Å²) in [5.41, 5.74) is 9.92. The SMILES string of the molecule is Cc1cccc(C)c1Nc1ccc(N)c(C(=O)O)c1. The van der Waals surface area contributed by atoms with Crippen LogP contribution >= 0.6 is 0 Å². The second kappa shape index (κ2) is 5.02. The predicted octanol–water partition coefficient (Wildman–Crippen LogP) is 3.33. The Balaban J connectivity index is 2.39. The summed E-state index contributed by atoms with van der Waals surface area (Å²) in [6.45, 7) is 4.01. The Morgan fingerprint density at radius 2 is 1.79 bits per heavy atom. The van der Waals surface area contributed by atoms with Gasteiger partial charge >= 0.3 is 5.97 Å². The van der Waals surface area contributed by atoms with Crippen molar-refractivity contribution in [3.63, 3.8) is 0 Å². The average molecular weight is 256 g/mol. The molecule has 4 nitrogen and oxygen atoms in total. The first-order valence-corrected chi connectivity index (χ1v) is 5.95. The number of carboxylic acid groups (broad SMARTS) is 1. The summed E-state index contributed by atoms with van der Waals surface area (Å²) in [6, 6.07) is 10.9. The van der Waals surface area contributed by atoms with E-state index in [0.29, 0.717) is 5.69 Å². The van der Waals surface area contributed by atoms with Gasteiger partial charge in [-0.25, -0.2) is 4.79 Å². The molecule has 4 heteroatoms. The number of carboxylic acids is 1. The van der Waals surface area contributed by atoms with Gasteiger partial charge in [0.15, 0.2) is 0 Å². The lowest BCUT2D eigenvalue weighted by Crippen LogP contribution is -2.04. The molecule has 19 heavy (non-hydrogen) atoms. The maximum atomic E-state index is 11.1. The minimum absolute atomic E-state index is 0.108. The van der Waals surface area contributed by atoms with Crippen molar-refractivity contribution < 1.29 is 9.90 Å². The maximum Gasteiger partial charge on any atom is 0.337 e. The number of anilines is 3. The van der Waals surface area contributed by atoms with Crippen molar-refractivity contribution in [2.45, 2.75) is 13.8 Å². The van der Waals surface area contributed by atoms with E-state index in [1.54, 1.807) is 18.2 Å². The number of nitrogens with one attached hydrogen (secondary N) is 1. The second-order valence-corrected chi connectivity index (χ2v) is 4.50. The number of hydrogen-bond acceptors (Lipinski definition) is 3. The third kappa shape index (κ3) is 2.68. The summed E-state index contributed by atoms with van der Waals surface area (Å²) < 4.78 is 0. The van der Waals surface area contributed by atoms with Crippen molar-refractivity contribution in [2.75, 3.05) is 11.1 Å². The van der Waals surface area contributed by atoms with Gasteiger partial charge in [-0.3, -0.25) is 0 Å². The van der Waals surface area contributed by atoms with E-state index >= 15 is 0 Å². The van der Waals surface area contributed by atoms with Crippen LogP contribution in [0.4, 0.5) is 17.1 Å². The molecule has 0 radical (unpaired) electrons. The number of para-hydroxylation sites is 1. The lowest BCUT2D eigenvalue weighted by atomic mass is 10.1. The van der Waals surface area contributed by atoms with Crippen LogP contribution in [0.1, 0.15) is 21.5 Å². The van der Waals surface area contributed by atoms with Crippen LogP contribution in [0.25, 0.3) is 0 Å². The molecule has 98 valence electrons. The van der Waals surface area contributed by atoms with Gasteiger partial charge in [0, 0.05) is 17.1 Å². The maximum absolute atomic E-state index is 11.1. The first-order chi connectivity index (χ1) is 8.99. The lowest BCUT2D eigenvalue weighted by Gasteiger charge is -2.13. The summed E-state index contributed by atoms with van der Waals surface area (Å²) in [7, 11) is 0. The highest BCUT2D eigenvalue weighted by Crippen LogP contribution is 2.26. The summed E-state index contributed by atoms with van der Waals surface area (Å²) in [5.74, 6) is -1.03. The zero-order chi connectivity index (χ0) is 14.0. The van der Waals surface area contributed by atoms with Gasteiger partial charge in [0.25, 0.3) is 0 Å². The van der Waals surface area contributed by atoms with Gasteiger partial charge in [-0.15, -0.1) is 0 Å². The van der Waals surface area contributed by atoms with E-state index in [9.17, 15) is 4.79 Å². The number of benzene rings is 2. The Morgan fingerprint density at radius 1 is 1.16 bits per heavy atom. The van der Waals surface area contributed by atoms with Crippen molar-refractivity contribution in [1.29, 1.82) is 0 Å². The average Bonchev–Trinajstić information content (AvgIpc) is 2.35. The van der Waals surface area contributed by atoms with Gasteiger partial charge in [-0.1, -0.05) is 18.2 Å². The molecule has 0 saturated heterocycles. The highest BCUT2D eigenvalue weighted by Gasteiger charge is 2.09. The smallest absolute Gasteiger partial charge is 0.337 e. The highest BCUT2D eigenvalue weighted by atomic mass is 16.4. The number of rotatable bonds is 3. The largest absolute Gasteiger partial charge is 0.478 e. The summed E-state index contributed by atoms with van der Waals surface area (Å²) in [5, 5.41) is 12.3. The van der Waals surface area contributed by atoms with E-state index in [0.717, 1.165) is 16.8 Å². The molecule has 2 aromatic carbocycles. The normalized spacial score (nSPS) is 10.2. The Morgan fingerprint density at radius 3 is 2.37 bits per heavy atom. The molecule has 0 saturated carbocycles. The number of carbonyl (C=O) groups is 1. The van der Waals surface area contributed by atoms with Crippen molar-refractivity contribution in [3.05, 3.63) is 53.1 Å². The molecule has 0 amide bonds. The van der Waals surface area contributed by atoms with Gasteiger partial charge in [0.05, 0.1) is 5.56 Å².